The first-order valence-corrected chi connectivity index (χ1v) is 6.96. The van der Waals surface area contributed by atoms with Crippen molar-refractivity contribution in [2.24, 2.45) is 5.92 Å². The van der Waals surface area contributed by atoms with Crippen LogP contribution in [0.5, 0.6) is 0 Å². The number of rotatable bonds is 7. The van der Waals surface area contributed by atoms with Crippen molar-refractivity contribution in [3.05, 3.63) is 12.3 Å². The van der Waals surface area contributed by atoms with E-state index >= 15 is 0 Å². The maximum Gasteiger partial charge on any atom is 0.269 e. The van der Waals surface area contributed by atoms with Crippen molar-refractivity contribution in [2.75, 3.05) is 12.9 Å². The molecule has 0 radical (unpaired) electrons. The zero-order valence-electron chi connectivity index (χ0n) is 10.8. The van der Waals surface area contributed by atoms with E-state index in [4.69, 9.17) is 0 Å². The van der Waals surface area contributed by atoms with Crippen LogP contribution in [0, 0.1) is 5.92 Å². The summed E-state index contributed by atoms with van der Waals surface area (Å²) >= 11 is 0. The van der Waals surface area contributed by atoms with Gasteiger partial charge in [-0.25, -0.2) is 0 Å². The van der Waals surface area contributed by atoms with Gasteiger partial charge in [-0.1, -0.05) is 20.4 Å². The van der Waals surface area contributed by atoms with Crippen LogP contribution >= 0.6 is 0 Å². The van der Waals surface area contributed by atoms with E-state index in [9.17, 15) is 8.42 Å². The molecule has 0 aromatic carbocycles. The maximum absolute atomic E-state index is 11.3. The molecule has 4 nitrogen and oxygen atoms in total. The minimum absolute atomic E-state index is 0.0774. The molecule has 0 rings (SSSR count). The minimum atomic E-state index is -3.46. The highest BCUT2D eigenvalue weighted by atomic mass is 32.2. The number of allylic oxidation sites excluding steroid dienone is 1. The molecule has 16 heavy (non-hydrogen) atoms. The maximum atomic E-state index is 11.3. The number of nitrogens with one attached hydrogen (secondary N) is 1. The third kappa shape index (κ3) is 5.51. The summed E-state index contributed by atoms with van der Waals surface area (Å²) in [5.41, 5.74) is 0.286. The van der Waals surface area contributed by atoms with Gasteiger partial charge in [-0.15, -0.1) is 0 Å². The Bertz CT molecular complexity index is 333. The van der Waals surface area contributed by atoms with Crippen molar-refractivity contribution in [3.63, 3.8) is 0 Å². The zero-order chi connectivity index (χ0) is 13.0. The smallest absolute Gasteiger partial charge is 0.269 e. The van der Waals surface area contributed by atoms with Gasteiger partial charge in [0.2, 0.25) is 0 Å². The van der Waals surface area contributed by atoms with Crippen molar-refractivity contribution in [2.45, 2.75) is 39.7 Å². The summed E-state index contributed by atoms with van der Waals surface area (Å²) in [4.78, 5) is 0. The van der Waals surface area contributed by atoms with Gasteiger partial charge in [0, 0.05) is 11.2 Å². The highest BCUT2D eigenvalue weighted by Crippen LogP contribution is 2.15. The fourth-order valence-electron chi connectivity index (χ4n) is 1.34. The molecule has 0 amide bonds. The molecule has 1 atom stereocenters. The van der Waals surface area contributed by atoms with Gasteiger partial charge in [0.05, 0.1) is 12.9 Å². The van der Waals surface area contributed by atoms with E-state index in [1.807, 2.05) is 13.8 Å². The number of hydrogen-bond donors (Lipinski definition) is 1. The lowest BCUT2D eigenvalue weighted by atomic mass is 10.0. The van der Waals surface area contributed by atoms with Crippen molar-refractivity contribution < 1.29 is 12.6 Å². The third-order valence-corrected chi connectivity index (χ3v) is 4.08. The summed E-state index contributed by atoms with van der Waals surface area (Å²) in [6.45, 7) is 11.7. The lowest BCUT2D eigenvalue weighted by Gasteiger charge is -2.29. The molecule has 0 saturated heterocycles. The SMILES string of the molecule is C=C(NC(C)(C)CS(=O)(=O)OC)C(C)CC. The van der Waals surface area contributed by atoms with Crippen LogP contribution in [0.3, 0.4) is 0 Å². The Kier molecular flexibility index (Phi) is 5.49. The van der Waals surface area contributed by atoms with Gasteiger partial charge >= 0.3 is 0 Å². The van der Waals surface area contributed by atoms with E-state index in [1.54, 1.807) is 0 Å². The van der Waals surface area contributed by atoms with E-state index in [0.717, 1.165) is 12.1 Å². The van der Waals surface area contributed by atoms with E-state index in [-0.39, 0.29) is 5.75 Å². The Morgan fingerprint density at radius 3 is 2.38 bits per heavy atom. The lowest BCUT2D eigenvalue weighted by Crippen LogP contribution is -2.45. The minimum Gasteiger partial charge on any atom is -0.383 e. The summed E-state index contributed by atoms with van der Waals surface area (Å²) in [5, 5.41) is 3.14. The highest BCUT2D eigenvalue weighted by molar-refractivity contribution is 7.86. The van der Waals surface area contributed by atoms with E-state index < -0.39 is 15.7 Å². The molecular formula is C11H23NO3S. The molecule has 0 spiro atoms. The molecular weight excluding hydrogens is 226 g/mol. The predicted octanol–water partition coefficient (Wildman–Crippen LogP) is 1.89. The van der Waals surface area contributed by atoms with Gasteiger partial charge < -0.3 is 5.32 Å². The topological polar surface area (TPSA) is 55.4 Å². The molecule has 0 heterocycles. The molecule has 0 fully saturated rings. The average molecular weight is 249 g/mol. The van der Waals surface area contributed by atoms with Crippen LogP contribution in [0.25, 0.3) is 0 Å². The van der Waals surface area contributed by atoms with Crippen LogP contribution in [-0.4, -0.2) is 26.8 Å². The first-order chi connectivity index (χ1) is 7.13. The molecule has 96 valence electrons. The number of hydrogen-bond acceptors (Lipinski definition) is 4. The van der Waals surface area contributed by atoms with Crippen LogP contribution in [0.1, 0.15) is 34.1 Å². The van der Waals surface area contributed by atoms with Crippen molar-refractivity contribution in [1.29, 1.82) is 0 Å². The standard InChI is InChI=1S/C11H23NO3S/c1-7-9(2)10(3)12-11(4,5)8-16(13,14)15-6/h9,12H,3,7-8H2,1-2,4-6H3. The van der Waals surface area contributed by atoms with Crippen LogP contribution < -0.4 is 5.32 Å². The molecule has 0 bridgehead atoms. The van der Waals surface area contributed by atoms with E-state index in [0.29, 0.717) is 5.92 Å². The second-order valence-electron chi connectivity index (χ2n) is 4.71. The van der Waals surface area contributed by atoms with E-state index in [2.05, 4.69) is 29.9 Å². The van der Waals surface area contributed by atoms with Gasteiger partial charge in [0.1, 0.15) is 0 Å². The predicted molar refractivity (Wildman–Crippen MR) is 66.6 cm³/mol. The van der Waals surface area contributed by atoms with Crippen molar-refractivity contribution >= 4 is 10.1 Å². The largest absolute Gasteiger partial charge is 0.383 e. The quantitative estimate of drug-likeness (QED) is 0.700. The Morgan fingerprint density at radius 1 is 1.50 bits per heavy atom. The fourth-order valence-corrected chi connectivity index (χ4v) is 2.42. The van der Waals surface area contributed by atoms with Crippen LogP contribution in [-0.2, 0) is 14.3 Å². The van der Waals surface area contributed by atoms with Gasteiger partial charge in [-0.05, 0) is 26.2 Å². The summed E-state index contributed by atoms with van der Waals surface area (Å²) < 4.78 is 27.1. The first-order valence-electron chi connectivity index (χ1n) is 5.39. The van der Waals surface area contributed by atoms with Crippen molar-refractivity contribution in [1.82, 2.24) is 5.32 Å². The zero-order valence-corrected chi connectivity index (χ0v) is 11.6. The summed E-state index contributed by atoms with van der Waals surface area (Å²) in [6, 6.07) is 0. The third-order valence-electron chi connectivity index (χ3n) is 2.50. The van der Waals surface area contributed by atoms with E-state index in [1.165, 1.54) is 7.11 Å². The molecule has 0 aromatic heterocycles. The summed E-state index contributed by atoms with van der Waals surface area (Å²) in [7, 11) is -2.28. The molecule has 0 aromatic rings. The average Bonchev–Trinajstić information content (AvgIpc) is 2.14. The highest BCUT2D eigenvalue weighted by Gasteiger charge is 2.27. The second-order valence-corrected chi connectivity index (χ2v) is 6.45. The van der Waals surface area contributed by atoms with Crippen molar-refractivity contribution in [3.8, 4) is 0 Å². The molecule has 0 aliphatic heterocycles. The molecule has 0 aliphatic carbocycles. The summed E-state index contributed by atoms with van der Waals surface area (Å²) in [5.74, 6) is 0.246. The van der Waals surface area contributed by atoms with Crippen LogP contribution in [0.4, 0.5) is 0 Å². The Labute approximate surface area is 99.2 Å². The van der Waals surface area contributed by atoms with Gasteiger partial charge in [-0.2, -0.15) is 8.42 Å². The second kappa shape index (κ2) is 5.68. The molecule has 1 N–H and O–H groups in total. The Hall–Kier alpha value is -0.550. The van der Waals surface area contributed by atoms with Gasteiger partial charge in [0.15, 0.2) is 0 Å². The normalized spacial score (nSPS) is 14.6. The Morgan fingerprint density at radius 2 is 2.00 bits per heavy atom. The Balaban J connectivity index is 4.53. The molecule has 0 saturated carbocycles. The monoisotopic (exact) mass is 249 g/mol. The molecule has 0 aliphatic rings. The van der Waals surface area contributed by atoms with Crippen LogP contribution in [0.15, 0.2) is 12.3 Å². The molecule has 5 heteroatoms. The first kappa shape index (κ1) is 15.4. The van der Waals surface area contributed by atoms with Gasteiger partial charge in [-0.3, -0.25) is 4.18 Å². The van der Waals surface area contributed by atoms with Gasteiger partial charge in [0.25, 0.3) is 10.1 Å². The van der Waals surface area contributed by atoms with Crippen LogP contribution in [0.2, 0.25) is 0 Å². The lowest BCUT2D eigenvalue weighted by molar-refractivity contribution is 0.371. The molecule has 1 unspecified atom stereocenters. The fraction of sp³-hybridized carbons (Fsp3) is 0.818. The summed E-state index contributed by atoms with van der Waals surface area (Å²) in [6.07, 6.45) is 0.971.